The van der Waals surface area contributed by atoms with E-state index >= 15 is 0 Å². The Labute approximate surface area is 116 Å². The molecule has 0 radical (unpaired) electrons. The summed E-state index contributed by atoms with van der Waals surface area (Å²) in [7, 11) is 0. The van der Waals surface area contributed by atoms with Crippen LogP contribution in [0.5, 0.6) is 5.75 Å². The molecule has 0 aromatic heterocycles. The molecule has 0 aliphatic rings. The number of halogens is 3. The van der Waals surface area contributed by atoms with Gasteiger partial charge in [-0.3, -0.25) is 4.79 Å². The van der Waals surface area contributed by atoms with Crippen molar-refractivity contribution in [2.45, 2.75) is 39.6 Å². The van der Waals surface area contributed by atoms with Crippen LogP contribution in [0.1, 0.15) is 32.3 Å². The highest BCUT2D eigenvalue weighted by Crippen LogP contribution is 2.26. The molecule has 0 bridgehead atoms. The number of alkyl halides is 3. The molecule has 0 heterocycles. The van der Waals surface area contributed by atoms with E-state index < -0.39 is 6.36 Å². The average Bonchev–Trinajstić information content (AvgIpc) is 2.33. The summed E-state index contributed by atoms with van der Waals surface area (Å²) in [5, 5.41) is 2.59. The van der Waals surface area contributed by atoms with E-state index in [2.05, 4.69) is 10.1 Å². The van der Waals surface area contributed by atoms with Crippen molar-refractivity contribution < 1.29 is 22.7 Å². The molecule has 0 spiro atoms. The Hall–Kier alpha value is -1.72. The quantitative estimate of drug-likeness (QED) is 0.868. The smallest absolute Gasteiger partial charge is 0.405 e. The average molecular weight is 289 g/mol. The Kier molecular flexibility index (Phi) is 5.85. The van der Waals surface area contributed by atoms with E-state index in [4.69, 9.17) is 0 Å². The Balaban J connectivity index is 2.57. The molecule has 1 aromatic carbocycles. The molecule has 6 heteroatoms. The first-order valence-corrected chi connectivity index (χ1v) is 6.38. The molecule has 1 rings (SSSR count). The summed E-state index contributed by atoms with van der Waals surface area (Å²) < 4.78 is 40.6. The van der Waals surface area contributed by atoms with Gasteiger partial charge in [0, 0.05) is 18.5 Å². The SMILES string of the molecule is CC(C)CCC(=O)NCc1ccccc1OC(F)(F)F. The molecule has 0 saturated carbocycles. The van der Waals surface area contributed by atoms with Crippen LogP contribution >= 0.6 is 0 Å². The first-order valence-electron chi connectivity index (χ1n) is 6.38. The van der Waals surface area contributed by atoms with Gasteiger partial charge in [-0.05, 0) is 18.4 Å². The number of carbonyl (C=O) groups excluding carboxylic acids is 1. The van der Waals surface area contributed by atoms with Crippen LogP contribution in [-0.2, 0) is 11.3 Å². The van der Waals surface area contributed by atoms with Crippen molar-refractivity contribution in [3.05, 3.63) is 29.8 Å². The lowest BCUT2D eigenvalue weighted by Crippen LogP contribution is -2.24. The van der Waals surface area contributed by atoms with Crippen molar-refractivity contribution in [2.75, 3.05) is 0 Å². The van der Waals surface area contributed by atoms with Gasteiger partial charge in [-0.1, -0.05) is 32.0 Å². The molecule has 112 valence electrons. The summed E-state index contributed by atoms with van der Waals surface area (Å²) in [5.41, 5.74) is 0.294. The van der Waals surface area contributed by atoms with E-state index in [9.17, 15) is 18.0 Å². The molecule has 1 amide bonds. The number of amides is 1. The highest BCUT2D eigenvalue weighted by atomic mass is 19.4. The minimum Gasteiger partial charge on any atom is -0.405 e. The van der Waals surface area contributed by atoms with E-state index in [0.29, 0.717) is 17.9 Å². The van der Waals surface area contributed by atoms with Gasteiger partial charge in [-0.15, -0.1) is 13.2 Å². The number of nitrogens with one attached hydrogen (secondary N) is 1. The number of hydrogen-bond acceptors (Lipinski definition) is 2. The molecule has 3 nitrogen and oxygen atoms in total. The molecular weight excluding hydrogens is 271 g/mol. The summed E-state index contributed by atoms with van der Waals surface area (Å²) >= 11 is 0. The fourth-order valence-corrected chi connectivity index (χ4v) is 1.58. The Bertz CT molecular complexity index is 444. The summed E-state index contributed by atoms with van der Waals surface area (Å²) in [6, 6.07) is 5.76. The van der Waals surface area contributed by atoms with E-state index in [-0.39, 0.29) is 18.2 Å². The van der Waals surface area contributed by atoms with Gasteiger partial charge in [0.05, 0.1) is 0 Å². The Morgan fingerprint density at radius 1 is 1.30 bits per heavy atom. The van der Waals surface area contributed by atoms with Gasteiger partial charge in [0.15, 0.2) is 0 Å². The second-order valence-electron chi connectivity index (χ2n) is 4.86. The predicted octanol–water partition coefficient (Wildman–Crippen LogP) is 3.64. The minimum atomic E-state index is -4.74. The maximum Gasteiger partial charge on any atom is 0.573 e. The van der Waals surface area contributed by atoms with Crippen LogP contribution in [0.15, 0.2) is 24.3 Å². The third-order valence-electron chi connectivity index (χ3n) is 2.62. The number of carbonyl (C=O) groups is 1. The maximum absolute atomic E-state index is 12.2. The van der Waals surface area contributed by atoms with Gasteiger partial charge in [-0.25, -0.2) is 0 Å². The van der Waals surface area contributed by atoms with E-state index in [1.165, 1.54) is 18.2 Å². The summed E-state index contributed by atoms with van der Waals surface area (Å²) in [6.45, 7) is 4.02. The van der Waals surface area contributed by atoms with Gasteiger partial charge in [0.1, 0.15) is 5.75 Å². The largest absolute Gasteiger partial charge is 0.573 e. The number of benzene rings is 1. The molecule has 0 aliphatic heterocycles. The van der Waals surface area contributed by atoms with Crippen LogP contribution < -0.4 is 10.1 Å². The fraction of sp³-hybridized carbons (Fsp3) is 0.500. The van der Waals surface area contributed by atoms with Crippen LogP contribution in [0.2, 0.25) is 0 Å². The molecule has 0 aliphatic carbocycles. The zero-order valence-electron chi connectivity index (χ0n) is 11.5. The van der Waals surface area contributed by atoms with E-state index in [1.54, 1.807) is 6.07 Å². The number of hydrogen-bond donors (Lipinski definition) is 1. The lowest BCUT2D eigenvalue weighted by atomic mass is 10.1. The summed E-state index contributed by atoms with van der Waals surface area (Å²) in [4.78, 5) is 11.5. The Morgan fingerprint density at radius 2 is 1.95 bits per heavy atom. The molecule has 0 fully saturated rings. The van der Waals surface area contributed by atoms with Gasteiger partial charge in [0.2, 0.25) is 5.91 Å². The molecule has 20 heavy (non-hydrogen) atoms. The van der Waals surface area contributed by atoms with Crippen molar-refractivity contribution in [3.8, 4) is 5.75 Å². The van der Waals surface area contributed by atoms with Gasteiger partial charge in [0.25, 0.3) is 0 Å². The monoisotopic (exact) mass is 289 g/mol. The van der Waals surface area contributed by atoms with Gasteiger partial charge < -0.3 is 10.1 Å². The molecular formula is C14H18F3NO2. The van der Waals surface area contributed by atoms with Gasteiger partial charge in [-0.2, -0.15) is 0 Å². The van der Waals surface area contributed by atoms with Crippen molar-refractivity contribution >= 4 is 5.91 Å². The van der Waals surface area contributed by atoms with Crippen LogP contribution in [0.4, 0.5) is 13.2 Å². The van der Waals surface area contributed by atoms with Crippen molar-refractivity contribution in [1.82, 2.24) is 5.32 Å². The minimum absolute atomic E-state index is 0.0170. The van der Waals surface area contributed by atoms with Gasteiger partial charge >= 0.3 is 6.36 Å². The first kappa shape index (κ1) is 16.3. The number of ether oxygens (including phenoxy) is 1. The van der Waals surface area contributed by atoms with Crippen molar-refractivity contribution in [2.24, 2.45) is 5.92 Å². The third kappa shape index (κ3) is 6.45. The second kappa shape index (κ2) is 7.17. The topological polar surface area (TPSA) is 38.3 Å². The summed E-state index contributed by atoms with van der Waals surface area (Å²) in [5.74, 6) is -0.0636. The third-order valence-corrected chi connectivity index (χ3v) is 2.62. The standard InChI is InChI=1S/C14H18F3NO2/c1-10(2)7-8-13(19)18-9-11-5-3-4-6-12(11)20-14(15,16)17/h3-6,10H,7-9H2,1-2H3,(H,18,19). The van der Waals surface area contributed by atoms with E-state index in [1.807, 2.05) is 13.8 Å². The lowest BCUT2D eigenvalue weighted by molar-refractivity contribution is -0.274. The van der Waals surface area contributed by atoms with Crippen molar-refractivity contribution in [1.29, 1.82) is 0 Å². The highest BCUT2D eigenvalue weighted by Gasteiger charge is 2.31. The van der Waals surface area contributed by atoms with E-state index in [0.717, 1.165) is 6.42 Å². The van der Waals surface area contributed by atoms with Crippen LogP contribution in [0.25, 0.3) is 0 Å². The van der Waals surface area contributed by atoms with Crippen LogP contribution in [-0.4, -0.2) is 12.3 Å². The summed E-state index contributed by atoms with van der Waals surface area (Å²) in [6.07, 6.45) is -3.63. The Morgan fingerprint density at radius 3 is 2.55 bits per heavy atom. The van der Waals surface area contributed by atoms with Crippen LogP contribution in [0.3, 0.4) is 0 Å². The molecule has 0 saturated heterocycles. The normalized spacial score (nSPS) is 11.5. The molecule has 0 atom stereocenters. The molecule has 1 N–H and O–H groups in total. The molecule has 1 aromatic rings. The first-order chi connectivity index (χ1) is 9.28. The zero-order chi connectivity index (χ0) is 15.2. The van der Waals surface area contributed by atoms with Crippen LogP contribution in [0, 0.1) is 5.92 Å². The fourth-order valence-electron chi connectivity index (χ4n) is 1.58. The lowest BCUT2D eigenvalue weighted by Gasteiger charge is -2.13. The number of para-hydroxylation sites is 1. The zero-order valence-corrected chi connectivity index (χ0v) is 11.5. The highest BCUT2D eigenvalue weighted by molar-refractivity contribution is 5.75. The predicted molar refractivity (Wildman–Crippen MR) is 69.0 cm³/mol. The molecule has 0 unspecified atom stereocenters. The number of rotatable bonds is 6. The second-order valence-corrected chi connectivity index (χ2v) is 4.86. The maximum atomic E-state index is 12.2. The van der Waals surface area contributed by atoms with Crippen molar-refractivity contribution in [3.63, 3.8) is 0 Å².